The Balaban J connectivity index is 1.85. The van der Waals surface area contributed by atoms with Crippen molar-refractivity contribution in [3.8, 4) is 0 Å². The predicted octanol–water partition coefficient (Wildman–Crippen LogP) is 4.06. The van der Waals surface area contributed by atoms with E-state index >= 15 is 0 Å². The summed E-state index contributed by atoms with van der Waals surface area (Å²) in [4.78, 5) is 23.8. The Morgan fingerprint density at radius 3 is 2.57 bits per heavy atom. The molecule has 0 aliphatic rings. The number of carbonyl (C=O) groups excluding carboxylic acids is 2. The SMILES string of the molecule is Cc1cc(Br)ccc1NC(=O)CC(=O)NCc1ccccc1Cl. The highest BCUT2D eigenvalue weighted by Gasteiger charge is 2.11. The first-order valence-electron chi connectivity index (χ1n) is 7.02. The second-order valence-electron chi connectivity index (χ2n) is 5.05. The molecule has 0 atom stereocenters. The lowest BCUT2D eigenvalue weighted by Crippen LogP contribution is -2.28. The minimum atomic E-state index is -0.355. The summed E-state index contributed by atoms with van der Waals surface area (Å²) in [5, 5.41) is 6.01. The highest BCUT2D eigenvalue weighted by atomic mass is 79.9. The lowest BCUT2D eigenvalue weighted by molar-refractivity contribution is -0.126. The van der Waals surface area contributed by atoms with E-state index in [1.807, 2.05) is 37.3 Å². The van der Waals surface area contributed by atoms with Crippen LogP contribution in [0.25, 0.3) is 0 Å². The number of benzene rings is 2. The van der Waals surface area contributed by atoms with Crippen molar-refractivity contribution in [3.63, 3.8) is 0 Å². The lowest BCUT2D eigenvalue weighted by atomic mass is 10.2. The molecule has 2 aromatic rings. The first kappa shape index (κ1) is 17.5. The number of hydrogen-bond donors (Lipinski definition) is 2. The smallest absolute Gasteiger partial charge is 0.233 e. The van der Waals surface area contributed by atoms with Gasteiger partial charge in [0.25, 0.3) is 0 Å². The Bertz CT molecular complexity index is 734. The molecule has 23 heavy (non-hydrogen) atoms. The van der Waals surface area contributed by atoms with Crippen LogP contribution in [0, 0.1) is 6.92 Å². The fraction of sp³-hybridized carbons (Fsp3) is 0.176. The van der Waals surface area contributed by atoms with E-state index in [0.29, 0.717) is 17.3 Å². The second-order valence-corrected chi connectivity index (χ2v) is 6.38. The number of amides is 2. The van der Waals surface area contributed by atoms with Crippen molar-refractivity contribution in [1.82, 2.24) is 5.32 Å². The Labute approximate surface area is 148 Å². The van der Waals surface area contributed by atoms with E-state index in [1.54, 1.807) is 12.1 Å². The third kappa shape index (κ3) is 5.37. The molecular formula is C17H16BrClN2O2. The summed E-state index contributed by atoms with van der Waals surface area (Å²) in [5.41, 5.74) is 2.42. The molecule has 0 fully saturated rings. The molecule has 0 unspecified atom stereocenters. The van der Waals surface area contributed by atoms with E-state index in [1.165, 1.54) is 0 Å². The van der Waals surface area contributed by atoms with Crippen LogP contribution >= 0.6 is 27.5 Å². The van der Waals surface area contributed by atoms with Crippen molar-refractivity contribution in [3.05, 3.63) is 63.1 Å². The molecule has 0 aliphatic carbocycles. The Morgan fingerprint density at radius 1 is 1.13 bits per heavy atom. The van der Waals surface area contributed by atoms with Gasteiger partial charge in [-0.2, -0.15) is 0 Å². The summed E-state index contributed by atoms with van der Waals surface area (Å²) in [6.45, 7) is 2.18. The maximum absolute atomic E-state index is 11.9. The van der Waals surface area contributed by atoms with Gasteiger partial charge < -0.3 is 10.6 Å². The average molecular weight is 396 g/mol. The maximum atomic E-state index is 11.9. The van der Waals surface area contributed by atoms with Gasteiger partial charge in [0.05, 0.1) is 0 Å². The highest BCUT2D eigenvalue weighted by molar-refractivity contribution is 9.10. The van der Waals surface area contributed by atoms with Crippen LogP contribution in [0.2, 0.25) is 5.02 Å². The van der Waals surface area contributed by atoms with Gasteiger partial charge in [-0.3, -0.25) is 9.59 Å². The fourth-order valence-corrected chi connectivity index (χ4v) is 2.68. The molecule has 2 N–H and O–H groups in total. The number of hydrogen-bond acceptors (Lipinski definition) is 2. The summed E-state index contributed by atoms with van der Waals surface area (Å²) in [7, 11) is 0. The number of nitrogens with one attached hydrogen (secondary N) is 2. The van der Waals surface area contributed by atoms with Crippen molar-refractivity contribution in [2.45, 2.75) is 19.9 Å². The van der Waals surface area contributed by atoms with Crippen LogP contribution in [-0.4, -0.2) is 11.8 Å². The zero-order valence-corrected chi connectivity index (χ0v) is 14.9. The first-order chi connectivity index (χ1) is 11.0. The van der Waals surface area contributed by atoms with Gasteiger partial charge in [0, 0.05) is 21.7 Å². The van der Waals surface area contributed by atoms with Crippen LogP contribution in [0.4, 0.5) is 5.69 Å². The molecule has 6 heteroatoms. The van der Waals surface area contributed by atoms with E-state index in [2.05, 4.69) is 26.6 Å². The van der Waals surface area contributed by atoms with Crippen LogP contribution in [-0.2, 0) is 16.1 Å². The van der Waals surface area contributed by atoms with E-state index in [0.717, 1.165) is 15.6 Å². The topological polar surface area (TPSA) is 58.2 Å². The molecule has 0 radical (unpaired) electrons. The van der Waals surface area contributed by atoms with E-state index in [4.69, 9.17) is 11.6 Å². The number of halogens is 2. The molecule has 2 aromatic carbocycles. The average Bonchev–Trinajstić information content (AvgIpc) is 2.49. The van der Waals surface area contributed by atoms with E-state index in [-0.39, 0.29) is 18.2 Å². The Kier molecular flexibility index (Phi) is 6.19. The van der Waals surface area contributed by atoms with Crippen LogP contribution in [0.1, 0.15) is 17.5 Å². The normalized spacial score (nSPS) is 10.2. The zero-order chi connectivity index (χ0) is 16.8. The zero-order valence-electron chi connectivity index (χ0n) is 12.5. The summed E-state index contributed by atoms with van der Waals surface area (Å²) in [6, 6.07) is 12.8. The summed E-state index contributed by atoms with van der Waals surface area (Å²) < 4.78 is 0.936. The van der Waals surface area contributed by atoms with Gasteiger partial charge in [-0.15, -0.1) is 0 Å². The first-order valence-corrected chi connectivity index (χ1v) is 8.19. The highest BCUT2D eigenvalue weighted by Crippen LogP contribution is 2.20. The summed E-state index contributed by atoms with van der Waals surface area (Å²) in [6.07, 6.45) is -0.236. The van der Waals surface area contributed by atoms with E-state index in [9.17, 15) is 9.59 Å². The quantitative estimate of drug-likeness (QED) is 0.750. The number of rotatable bonds is 5. The van der Waals surface area contributed by atoms with Gasteiger partial charge >= 0.3 is 0 Å². The van der Waals surface area contributed by atoms with Crippen LogP contribution < -0.4 is 10.6 Å². The van der Waals surface area contributed by atoms with Crippen LogP contribution in [0.5, 0.6) is 0 Å². The van der Waals surface area contributed by atoms with Gasteiger partial charge in [-0.1, -0.05) is 45.7 Å². The largest absolute Gasteiger partial charge is 0.352 e. The van der Waals surface area contributed by atoms with Gasteiger partial charge in [0.15, 0.2) is 0 Å². The molecule has 0 aromatic heterocycles. The molecule has 0 bridgehead atoms. The van der Waals surface area contributed by atoms with Gasteiger partial charge in [-0.25, -0.2) is 0 Å². The molecule has 0 aliphatic heterocycles. The van der Waals surface area contributed by atoms with Gasteiger partial charge in [0.1, 0.15) is 6.42 Å². The van der Waals surface area contributed by atoms with Crippen LogP contribution in [0.15, 0.2) is 46.9 Å². The molecule has 0 heterocycles. The molecule has 0 saturated heterocycles. The predicted molar refractivity (Wildman–Crippen MR) is 95.4 cm³/mol. The van der Waals surface area contributed by atoms with Crippen molar-refractivity contribution >= 4 is 45.0 Å². The molecule has 2 rings (SSSR count). The molecule has 0 saturated carbocycles. The van der Waals surface area contributed by atoms with Crippen LogP contribution in [0.3, 0.4) is 0 Å². The maximum Gasteiger partial charge on any atom is 0.233 e. The minimum Gasteiger partial charge on any atom is -0.352 e. The number of anilines is 1. The van der Waals surface area contributed by atoms with Crippen molar-refractivity contribution in [2.24, 2.45) is 0 Å². The minimum absolute atomic E-state index is 0.236. The third-order valence-electron chi connectivity index (χ3n) is 3.22. The van der Waals surface area contributed by atoms with E-state index < -0.39 is 0 Å². The van der Waals surface area contributed by atoms with Crippen molar-refractivity contribution < 1.29 is 9.59 Å². The lowest BCUT2D eigenvalue weighted by Gasteiger charge is -2.09. The fourth-order valence-electron chi connectivity index (χ4n) is 2.01. The number of carbonyl (C=O) groups is 2. The van der Waals surface area contributed by atoms with Crippen molar-refractivity contribution in [1.29, 1.82) is 0 Å². The Hall–Kier alpha value is -1.85. The molecule has 2 amide bonds. The molecule has 0 spiro atoms. The number of aryl methyl sites for hydroxylation is 1. The van der Waals surface area contributed by atoms with Gasteiger partial charge in [-0.05, 0) is 42.3 Å². The summed E-state index contributed by atoms with van der Waals surface area (Å²) in [5.74, 6) is -0.704. The van der Waals surface area contributed by atoms with Crippen molar-refractivity contribution in [2.75, 3.05) is 5.32 Å². The second kappa shape index (κ2) is 8.13. The molecule has 120 valence electrons. The monoisotopic (exact) mass is 394 g/mol. The molecular weight excluding hydrogens is 380 g/mol. The third-order valence-corrected chi connectivity index (χ3v) is 4.08. The standard InChI is InChI=1S/C17H16BrClN2O2/c1-11-8-13(18)6-7-15(11)21-17(23)9-16(22)20-10-12-4-2-3-5-14(12)19/h2-8H,9-10H2,1H3,(H,20,22)(H,21,23). The Morgan fingerprint density at radius 2 is 1.87 bits per heavy atom. The van der Waals surface area contributed by atoms with Gasteiger partial charge in [0.2, 0.25) is 11.8 Å². The molecule has 4 nitrogen and oxygen atoms in total. The summed E-state index contributed by atoms with van der Waals surface area (Å²) >= 11 is 9.38.